The molecule has 124 valence electrons. The first-order valence-electron chi connectivity index (χ1n) is 8.66. The summed E-state index contributed by atoms with van der Waals surface area (Å²) in [6, 6.07) is 16.2. The maximum atomic E-state index is 14.7. The normalized spacial score (nSPS) is 11.1. The first-order chi connectivity index (χ1) is 11.7. The first kappa shape index (κ1) is 16.6. The third-order valence-electron chi connectivity index (χ3n) is 4.48. The highest BCUT2D eigenvalue weighted by Gasteiger charge is 2.15. The number of fused-ring (bicyclic) bond motifs is 1. The number of hydrogen-bond acceptors (Lipinski definition) is 0. The van der Waals surface area contributed by atoms with Gasteiger partial charge in [-0.25, -0.2) is 8.78 Å². The van der Waals surface area contributed by atoms with Crippen molar-refractivity contribution in [3.05, 3.63) is 71.8 Å². The molecule has 0 aromatic heterocycles. The van der Waals surface area contributed by atoms with Gasteiger partial charge < -0.3 is 0 Å². The highest BCUT2D eigenvalue weighted by molar-refractivity contribution is 5.96. The Bertz CT molecular complexity index is 808. The Hall–Kier alpha value is -2.22. The molecule has 0 radical (unpaired) electrons. The van der Waals surface area contributed by atoms with Crippen LogP contribution in [-0.4, -0.2) is 0 Å². The molecule has 0 saturated heterocycles. The monoisotopic (exact) mass is 324 g/mol. The summed E-state index contributed by atoms with van der Waals surface area (Å²) in [6.45, 7) is 2.15. The van der Waals surface area contributed by atoms with Crippen LogP contribution in [0, 0.1) is 11.6 Å². The van der Waals surface area contributed by atoms with Gasteiger partial charge in [0.15, 0.2) is 0 Å². The average Bonchev–Trinajstić information content (AvgIpc) is 2.58. The van der Waals surface area contributed by atoms with Gasteiger partial charge >= 0.3 is 0 Å². The third kappa shape index (κ3) is 3.48. The number of aryl methyl sites for hydroxylation is 1. The van der Waals surface area contributed by atoms with Crippen LogP contribution in [0.15, 0.2) is 54.6 Å². The molecular weight excluding hydrogens is 302 g/mol. The fourth-order valence-corrected chi connectivity index (χ4v) is 3.23. The molecular formula is C22H22F2. The van der Waals surface area contributed by atoms with Crippen molar-refractivity contribution in [2.45, 2.75) is 39.0 Å². The SMILES string of the molecule is CCCCCCc1cc(F)c(-c2cccc3ccccc23)c(F)c1. The van der Waals surface area contributed by atoms with Crippen molar-refractivity contribution < 1.29 is 8.78 Å². The second-order valence-corrected chi connectivity index (χ2v) is 6.27. The van der Waals surface area contributed by atoms with Crippen molar-refractivity contribution in [1.82, 2.24) is 0 Å². The molecule has 0 spiro atoms. The highest BCUT2D eigenvalue weighted by Crippen LogP contribution is 2.33. The topological polar surface area (TPSA) is 0 Å². The van der Waals surface area contributed by atoms with Crippen molar-refractivity contribution in [3.63, 3.8) is 0 Å². The lowest BCUT2D eigenvalue weighted by atomic mass is 9.95. The highest BCUT2D eigenvalue weighted by atomic mass is 19.1. The van der Waals surface area contributed by atoms with E-state index in [-0.39, 0.29) is 5.56 Å². The quantitative estimate of drug-likeness (QED) is 0.432. The maximum Gasteiger partial charge on any atom is 0.134 e. The number of halogens is 2. The van der Waals surface area contributed by atoms with E-state index in [1.165, 1.54) is 18.6 Å². The van der Waals surface area contributed by atoms with Gasteiger partial charge in [-0.15, -0.1) is 0 Å². The van der Waals surface area contributed by atoms with Crippen molar-refractivity contribution in [2.24, 2.45) is 0 Å². The molecule has 0 bridgehead atoms. The zero-order valence-electron chi connectivity index (χ0n) is 14.0. The van der Waals surface area contributed by atoms with Crippen LogP contribution in [0.2, 0.25) is 0 Å². The minimum Gasteiger partial charge on any atom is -0.206 e. The van der Waals surface area contributed by atoms with Gasteiger partial charge in [0, 0.05) is 0 Å². The van der Waals surface area contributed by atoms with E-state index < -0.39 is 11.6 Å². The van der Waals surface area contributed by atoms with Crippen molar-refractivity contribution >= 4 is 10.8 Å². The van der Waals surface area contributed by atoms with E-state index >= 15 is 0 Å². The molecule has 0 aliphatic carbocycles. The average molecular weight is 324 g/mol. The Morgan fingerprint density at radius 3 is 2.25 bits per heavy atom. The molecule has 0 aliphatic rings. The predicted octanol–water partition coefficient (Wildman–Crippen LogP) is 6.91. The molecule has 3 rings (SSSR count). The molecule has 3 aromatic rings. The Morgan fingerprint density at radius 2 is 1.50 bits per heavy atom. The fourth-order valence-electron chi connectivity index (χ4n) is 3.23. The summed E-state index contributed by atoms with van der Waals surface area (Å²) in [5.74, 6) is -0.950. The lowest BCUT2D eigenvalue weighted by Crippen LogP contribution is -1.96. The van der Waals surface area contributed by atoms with E-state index in [0.29, 0.717) is 5.56 Å². The number of unbranched alkanes of at least 4 members (excludes halogenated alkanes) is 3. The largest absolute Gasteiger partial charge is 0.206 e. The van der Waals surface area contributed by atoms with Gasteiger partial charge in [-0.3, -0.25) is 0 Å². The van der Waals surface area contributed by atoms with Crippen molar-refractivity contribution in [3.8, 4) is 11.1 Å². The van der Waals surface area contributed by atoms with E-state index in [9.17, 15) is 8.78 Å². The van der Waals surface area contributed by atoms with E-state index in [1.54, 1.807) is 6.07 Å². The van der Waals surface area contributed by atoms with E-state index in [4.69, 9.17) is 0 Å². The fraction of sp³-hybridized carbons (Fsp3) is 0.273. The molecule has 0 fully saturated rings. The van der Waals surface area contributed by atoms with Gasteiger partial charge in [-0.05, 0) is 46.9 Å². The van der Waals surface area contributed by atoms with Crippen LogP contribution in [0.4, 0.5) is 8.78 Å². The third-order valence-corrected chi connectivity index (χ3v) is 4.48. The number of rotatable bonds is 6. The lowest BCUT2D eigenvalue weighted by Gasteiger charge is -2.11. The molecule has 0 amide bonds. The molecule has 0 N–H and O–H groups in total. The van der Waals surface area contributed by atoms with Gasteiger partial charge in [0.05, 0.1) is 5.56 Å². The summed E-state index contributed by atoms with van der Waals surface area (Å²) < 4.78 is 29.3. The van der Waals surface area contributed by atoms with E-state index in [2.05, 4.69) is 6.92 Å². The summed E-state index contributed by atoms with van der Waals surface area (Å²) in [4.78, 5) is 0. The molecule has 0 aliphatic heterocycles. The second kappa shape index (κ2) is 7.57. The summed E-state index contributed by atoms with van der Waals surface area (Å²) in [7, 11) is 0. The van der Waals surface area contributed by atoms with Crippen molar-refractivity contribution in [1.29, 1.82) is 0 Å². The van der Waals surface area contributed by atoms with Gasteiger partial charge in [-0.1, -0.05) is 68.7 Å². The van der Waals surface area contributed by atoms with Crippen LogP contribution in [0.3, 0.4) is 0 Å². The zero-order chi connectivity index (χ0) is 16.9. The molecule has 0 heterocycles. The van der Waals surface area contributed by atoms with E-state index in [1.807, 2.05) is 36.4 Å². The van der Waals surface area contributed by atoms with Gasteiger partial charge in [0.1, 0.15) is 11.6 Å². The van der Waals surface area contributed by atoms with Crippen molar-refractivity contribution in [2.75, 3.05) is 0 Å². The second-order valence-electron chi connectivity index (χ2n) is 6.27. The first-order valence-corrected chi connectivity index (χ1v) is 8.66. The smallest absolute Gasteiger partial charge is 0.134 e. The summed E-state index contributed by atoms with van der Waals surface area (Å²) in [5, 5.41) is 1.85. The number of benzene rings is 3. The van der Waals surface area contributed by atoms with Crippen LogP contribution < -0.4 is 0 Å². The predicted molar refractivity (Wildman–Crippen MR) is 97.1 cm³/mol. The summed E-state index contributed by atoms with van der Waals surface area (Å²) in [6.07, 6.45) is 5.12. The summed E-state index contributed by atoms with van der Waals surface area (Å²) in [5.41, 5.74) is 1.43. The minimum atomic E-state index is -0.475. The molecule has 0 nitrogen and oxygen atoms in total. The molecule has 0 saturated carbocycles. The molecule has 0 unspecified atom stereocenters. The molecule has 2 heteroatoms. The van der Waals surface area contributed by atoms with E-state index in [0.717, 1.165) is 42.0 Å². The lowest BCUT2D eigenvalue weighted by molar-refractivity contribution is 0.583. The van der Waals surface area contributed by atoms with Gasteiger partial charge in [-0.2, -0.15) is 0 Å². The Kier molecular flexibility index (Phi) is 5.24. The Labute approximate surface area is 142 Å². The van der Waals surface area contributed by atoms with Crippen LogP contribution in [0.25, 0.3) is 21.9 Å². The van der Waals surface area contributed by atoms with Gasteiger partial charge in [0.2, 0.25) is 0 Å². The van der Waals surface area contributed by atoms with Crippen LogP contribution in [0.1, 0.15) is 38.2 Å². The molecule has 3 aromatic carbocycles. The Morgan fingerprint density at radius 1 is 0.792 bits per heavy atom. The van der Waals surface area contributed by atoms with Crippen LogP contribution in [-0.2, 0) is 6.42 Å². The Balaban J connectivity index is 1.96. The van der Waals surface area contributed by atoms with Crippen LogP contribution >= 0.6 is 0 Å². The van der Waals surface area contributed by atoms with Gasteiger partial charge in [0.25, 0.3) is 0 Å². The maximum absolute atomic E-state index is 14.7. The molecule has 24 heavy (non-hydrogen) atoms. The molecule has 0 atom stereocenters. The van der Waals surface area contributed by atoms with Crippen LogP contribution in [0.5, 0.6) is 0 Å². The minimum absolute atomic E-state index is 0.0732. The zero-order valence-corrected chi connectivity index (χ0v) is 14.0. The number of hydrogen-bond donors (Lipinski definition) is 0. The standard InChI is InChI=1S/C22H22F2/c1-2-3-4-5-9-16-14-20(23)22(21(24)15-16)19-13-8-11-17-10-6-7-12-18(17)19/h6-8,10-15H,2-5,9H2,1H3. The summed E-state index contributed by atoms with van der Waals surface area (Å²) >= 11 is 0.